The number of unbranched alkanes of at least 4 members (excludes halogenated alkanes) is 1. The number of carbonyl (C=O) groups is 1. The largest absolute Gasteiger partial charge is 0.482 e. The highest BCUT2D eigenvalue weighted by Gasteiger charge is 2.44. The predicted molar refractivity (Wildman–Crippen MR) is 218 cm³/mol. The minimum Gasteiger partial charge on any atom is -0.482 e. The van der Waals surface area contributed by atoms with Crippen molar-refractivity contribution in [2.24, 2.45) is 5.92 Å². The molecule has 3 fully saturated rings. The number of Topliss-reactive ketones (excluding diaryl/α,β-unsaturated/α-hetero) is 1. The van der Waals surface area contributed by atoms with E-state index < -0.39 is 5.60 Å². The van der Waals surface area contributed by atoms with E-state index in [1.54, 1.807) is 6.07 Å². The number of benzene rings is 3. The van der Waals surface area contributed by atoms with Gasteiger partial charge in [-0.05, 0) is 152 Å². The fourth-order valence-corrected chi connectivity index (χ4v) is 8.55. The molecule has 0 amide bonds. The SMILES string of the molecule is CCCC(=O)c1ccc(NC(C)CN2CCC(c3cccc(C)c3OC(C)(c3ccc(Cl)cc3F)C3CCC3)CC2)c(C)c1.CCCCC1(O)CCC1. The third kappa shape index (κ3) is 10.4. The lowest BCUT2D eigenvalue weighted by molar-refractivity contribution is -0.0416. The fraction of sp³-hybridized carbons (Fsp3) is 0.587. The molecular formula is C46H64ClFN2O3. The molecule has 6 rings (SSSR count). The number of nitrogens with zero attached hydrogens (tertiary/aromatic N) is 1. The molecule has 0 bridgehead atoms. The first-order valence-electron chi connectivity index (χ1n) is 20.4. The summed E-state index contributed by atoms with van der Waals surface area (Å²) in [6.07, 6.45) is 13.5. The second-order valence-corrected chi connectivity index (χ2v) is 16.9. The van der Waals surface area contributed by atoms with Gasteiger partial charge in [-0.25, -0.2) is 4.39 Å². The van der Waals surface area contributed by atoms with Crippen molar-refractivity contribution >= 4 is 23.1 Å². The number of ketones is 1. The third-order valence-corrected chi connectivity index (χ3v) is 12.4. The molecule has 2 unspecified atom stereocenters. The average molecular weight is 747 g/mol. The number of aryl methyl sites for hydroxylation is 2. The Bertz CT molecular complexity index is 1660. The van der Waals surface area contributed by atoms with Crippen molar-refractivity contribution in [3.8, 4) is 5.75 Å². The summed E-state index contributed by atoms with van der Waals surface area (Å²) >= 11 is 6.12. The predicted octanol–water partition coefficient (Wildman–Crippen LogP) is 11.9. The Morgan fingerprint density at radius 2 is 1.75 bits per heavy atom. The Hall–Kier alpha value is -2.93. The Kier molecular flexibility index (Phi) is 14.5. The number of anilines is 1. The van der Waals surface area contributed by atoms with Crippen LogP contribution < -0.4 is 10.1 Å². The van der Waals surface area contributed by atoms with E-state index in [9.17, 15) is 9.90 Å². The standard InChI is InChI=1S/C38H48ClFN2O2.C8H16O/c1-6-9-36(43)29-14-17-35(26(3)22-29)41-27(4)24-42-20-18-28(19-21-42)32-13-7-10-25(2)37(32)44-38(5,30-11-8-12-30)33-16-15-31(39)23-34(33)40;1-2-3-5-8(9)6-4-7-8/h7,10,13-17,22-23,27-28,30,41H,6,8-9,11-12,18-21,24H2,1-5H3;9H,2-7H2,1H3. The van der Waals surface area contributed by atoms with Crippen LogP contribution in [-0.2, 0) is 5.60 Å². The van der Waals surface area contributed by atoms with Gasteiger partial charge in [0.1, 0.15) is 17.2 Å². The lowest BCUT2D eigenvalue weighted by atomic mass is 9.70. The summed E-state index contributed by atoms with van der Waals surface area (Å²) in [4.78, 5) is 14.9. The number of aliphatic hydroxyl groups is 1. The van der Waals surface area contributed by atoms with Crippen molar-refractivity contribution in [1.82, 2.24) is 4.90 Å². The van der Waals surface area contributed by atoms with E-state index in [4.69, 9.17) is 16.3 Å². The molecule has 53 heavy (non-hydrogen) atoms. The van der Waals surface area contributed by atoms with Gasteiger partial charge in [-0.2, -0.15) is 0 Å². The molecule has 3 aromatic rings. The van der Waals surface area contributed by atoms with Crippen molar-refractivity contribution in [2.45, 2.75) is 148 Å². The summed E-state index contributed by atoms with van der Waals surface area (Å²) in [5.74, 6) is 1.49. The van der Waals surface area contributed by atoms with Crippen LogP contribution in [-0.4, -0.2) is 47.1 Å². The second kappa shape index (κ2) is 18.6. The van der Waals surface area contributed by atoms with Gasteiger partial charge in [-0.1, -0.05) is 69.0 Å². The van der Waals surface area contributed by atoms with Crippen molar-refractivity contribution in [3.63, 3.8) is 0 Å². The topological polar surface area (TPSA) is 61.8 Å². The normalized spacial score (nSPS) is 19.2. The van der Waals surface area contributed by atoms with Gasteiger partial charge in [0.2, 0.25) is 0 Å². The van der Waals surface area contributed by atoms with Gasteiger partial charge in [0.25, 0.3) is 0 Å². The first-order chi connectivity index (χ1) is 25.4. The number of hydrogen-bond acceptors (Lipinski definition) is 5. The van der Waals surface area contributed by atoms with Crippen LogP contribution in [0.5, 0.6) is 5.75 Å². The Morgan fingerprint density at radius 3 is 2.34 bits per heavy atom. The van der Waals surface area contributed by atoms with E-state index in [0.29, 0.717) is 22.9 Å². The lowest BCUT2D eigenvalue weighted by Gasteiger charge is -2.44. The van der Waals surface area contributed by atoms with Gasteiger partial charge in [0, 0.05) is 46.8 Å². The summed E-state index contributed by atoms with van der Waals surface area (Å²) in [6.45, 7) is 15.7. The molecular weight excluding hydrogens is 683 g/mol. The van der Waals surface area contributed by atoms with Crippen LogP contribution >= 0.6 is 11.6 Å². The third-order valence-electron chi connectivity index (χ3n) is 12.2. The average Bonchev–Trinajstić information content (AvgIpc) is 3.08. The molecule has 2 saturated carbocycles. The summed E-state index contributed by atoms with van der Waals surface area (Å²) in [7, 11) is 0. The highest BCUT2D eigenvalue weighted by atomic mass is 35.5. The minimum absolute atomic E-state index is 0.213. The van der Waals surface area contributed by atoms with Gasteiger partial charge in [0.05, 0.1) is 5.60 Å². The molecule has 2 N–H and O–H groups in total. The van der Waals surface area contributed by atoms with Crippen LogP contribution in [0.2, 0.25) is 5.02 Å². The van der Waals surface area contributed by atoms with Gasteiger partial charge in [-0.3, -0.25) is 4.79 Å². The van der Waals surface area contributed by atoms with E-state index in [2.05, 4.69) is 63.0 Å². The van der Waals surface area contributed by atoms with Gasteiger partial charge < -0.3 is 20.1 Å². The van der Waals surface area contributed by atoms with E-state index in [0.717, 1.165) is 106 Å². The molecule has 7 heteroatoms. The zero-order valence-electron chi connectivity index (χ0n) is 33.2. The van der Waals surface area contributed by atoms with Gasteiger partial charge >= 0.3 is 0 Å². The second-order valence-electron chi connectivity index (χ2n) is 16.5. The number of hydrogen-bond donors (Lipinski definition) is 2. The Balaban J connectivity index is 0.000000526. The van der Waals surface area contributed by atoms with Crippen LogP contribution in [0, 0.1) is 25.6 Å². The Labute approximate surface area is 324 Å². The molecule has 0 radical (unpaired) electrons. The zero-order valence-corrected chi connectivity index (χ0v) is 34.0. The maximum atomic E-state index is 15.3. The van der Waals surface area contributed by atoms with Crippen LogP contribution in [0.3, 0.4) is 0 Å². The number of ether oxygens (including phenoxy) is 1. The number of likely N-dealkylation sites (tertiary alicyclic amines) is 1. The van der Waals surface area contributed by atoms with Crippen molar-refractivity contribution in [1.29, 1.82) is 0 Å². The van der Waals surface area contributed by atoms with Crippen LogP contribution in [0.15, 0.2) is 54.6 Å². The molecule has 0 aromatic heterocycles. The number of carbonyl (C=O) groups excluding carboxylic acids is 1. The summed E-state index contributed by atoms with van der Waals surface area (Å²) in [5.41, 5.74) is 4.95. The van der Waals surface area contributed by atoms with E-state index in [1.165, 1.54) is 30.9 Å². The molecule has 2 aliphatic carbocycles. The minimum atomic E-state index is -0.755. The van der Waals surface area contributed by atoms with Crippen LogP contribution in [0.1, 0.15) is 150 Å². The summed E-state index contributed by atoms with van der Waals surface area (Å²) < 4.78 is 22.3. The monoisotopic (exact) mass is 746 g/mol. The first kappa shape index (κ1) is 41.2. The Morgan fingerprint density at radius 1 is 1.02 bits per heavy atom. The molecule has 1 saturated heterocycles. The van der Waals surface area contributed by atoms with Crippen molar-refractivity contribution in [3.05, 3.63) is 93.3 Å². The number of para-hydroxylation sites is 1. The number of halogens is 2. The molecule has 5 nitrogen and oxygen atoms in total. The fourth-order valence-electron chi connectivity index (χ4n) is 8.39. The first-order valence-corrected chi connectivity index (χ1v) is 20.8. The quantitative estimate of drug-likeness (QED) is 0.152. The molecule has 3 aliphatic rings. The van der Waals surface area contributed by atoms with Gasteiger partial charge in [0.15, 0.2) is 5.78 Å². The zero-order chi connectivity index (χ0) is 38.2. The number of rotatable bonds is 15. The molecule has 3 aromatic carbocycles. The summed E-state index contributed by atoms with van der Waals surface area (Å²) in [5, 5.41) is 13.6. The maximum Gasteiger partial charge on any atom is 0.162 e. The molecule has 0 spiro atoms. The van der Waals surface area contributed by atoms with E-state index in [-0.39, 0.29) is 29.2 Å². The highest BCUT2D eigenvalue weighted by molar-refractivity contribution is 6.30. The molecule has 1 aliphatic heterocycles. The molecule has 290 valence electrons. The van der Waals surface area contributed by atoms with E-state index in [1.807, 2.05) is 31.2 Å². The van der Waals surface area contributed by atoms with Crippen LogP contribution in [0.4, 0.5) is 10.1 Å². The molecule has 2 atom stereocenters. The van der Waals surface area contributed by atoms with Crippen molar-refractivity contribution < 1.29 is 19.0 Å². The molecule has 1 heterocycles. The summed E-state index contributed by atoms with van der Waals surface area (Å²) in [6, 6.07) is 17.7. The van der Waals surface area contributed by atoms with Crippen molar-refractivity contribution in [2.75, 3.05) is 25.0 Å². The van der Waals surface area contributed by atoms with E-state index >= 15 is 4.39 Å². The van der Waals surface area contributed by atoms with Gasteiger partial charge in [-0.15, -0.1) is 0 Å². The number of piperidine rings is 1. The highest BCUT2D eigenvalue weighted by Crippen LogP contribution is 2.48. The lowest BCUT2D eigenvalue weighted by Crippen LogP contribution is -2.43. The smallest absolute Gasteiger partial charge is 0.162 e. The number of nitrogens with one attached hydrogen (secondary N) is 1. The maximum absolute atomic E-state index is 15.3. The van der Waals surface area contributed by atoms with Crippen LogP contribution in [0.25, 0.3) is 0 Å².